The third kappa shape index (κ3) is 4.46. The van der Waals surface area contributed by atoms with Crippen molar-refractivity contribution >= 4 is 0 Å². The van der Waals surface area contributed by atoms with E-state index in [0.29, 0.717) is 31.8 Å². The lowest BCUT2D eigenvalue weighted by atomic mass is 10.2. The Kier molecular flexibility index (Phi) is 4.53. The summed E-state index contributed by atoms with van der Waals surface area (Å²) in [5, 5.41) is 3.19. The summed E-state index contributed by atoms with van der Waals surface area (Å²) in [7, 11) is 0. The quantitative estimate of drug-likeness (QED) is 0.916. The molecule has 2 aromatic rings. The molecule has 23 heavy (non-hydrogen) atoms. The van der Waals surface area contributed by atoms with Gasteiger partial charge in [0.15, 0.2) is 0 Å². The second-order valence-electron chi connectivity index (χ2n) is 5.25. The summed E-state index contributed by atoms with van der Waals surface area (Å²) < 4.78 is 48.2. The molecular formula is C15H16F3N3O2. The topological polar surface area (TPSA) is 48.3 Å². The Balaban J connectivity index is 1.48. The highest BCUT2D eigenvalue weighted by atomic mass is 19.4. The Morgan fingerprint density at radius 2 is 2.26 bits per heavy atom. The summed E-state index contributed by atoms with van der Waals surface area (Å²) in [5.41, 5.74) is 0.714. The molecule has 0 saturated carbocycles. The van der Waals surface area contributed by atoms with E-state index in [1.165, 1.54) is 18.2 Å². The molecule has 2 heterocycles. The van der Waals surface area contributed by atoms with Gasteiger partial charge in [0.1, 0.15) is 18.2 Å². The summed E-state index contributed by atoms with van der Waals surface area (Å²) >= 11 is 0. The van der Waals surface area contributed by atoms with E-state index in [0.717, 1.165) is 5.82 Å². The van der Waals surface area contributed by atoms with Crippen molar-refractivity contribution in [1.29, 1.82) is 0 Å². The highest BCUT2D eigenvalue weighted by Gasteiger charge is 2.31. The number of imidazole rings is 1. The number of hydrogen-bond acceptors (Lipinski definition) is 4. The maximum Gasteiger partial charge on any atom is 0.573 e. The molecule has 1 aliphatic heterocycles. The summed E-state index contributed by atoms with van der Waals surface area (Å²) in [6, 6.07) is 5.93. The van der Waals surface area contributed by atoms with Crippen molar-refractivity contribution < 1.29 is 22.6 Å². The molecule has 124 valence electrons. The van der Waals surface area contributed by atoms with E-state index in [2.05, 4.69) is 15.0 Å². The number of aromatic nitrogens is 2. The van der Waals surface area contributed by atoms with E-state index in [-0.39, 0.29) is 11.9 Å². The van der Waals surface area contributed by atoms with Crippen molar-refractivity contribution in [1.82, 2.24) is 14.9 Å². The molecule has 1 atom stereocenters. The van der Waals surface area contributed by atoms with Crippen LogP contribution in [0.3, 0.4) is 0 Å². The van der Waals surface area contributed by atoms with E-state index in [1.807, 2.05) is 10.8 Å². The highest BCUT2D eigenvalue weighted by molar-refractivity contribution is 5.28. The number of hydrogen-bond donors (Lipinski definition) is 1. The molecule has 1 aromatic carbocycles. The second-order valence-corrected chi connectivity index (χ2v) is 5.25. The number of nitrogens with zero attached hydrogens (tertiary/aromatic N) is 2. The molecule has 0 unspecified atom stereocenters. The zero-order valence-corrected chi connectivity index (χ0v) is 12.2. The molecule has 3 rings (SSSR count). The molecule has 0 aliphatic carbocycles. The van der Waals surface area contributed by atoms with E-state index in [1.54, 1.807) is 12.3 Å². The molecule has 0 amide bonds. The fraction of sp³-hybridized carbons (Fsp3) is 0.400. The van der Waals surface area contributed by atoms with Crippen molar-refractivity contribution in [2.24, 2.45) is 0 Å². The number of ether oxygens (including phenoxy) is 2. The first-order chi connectivity index (χ1) is 11.0. The monoisotopic (exact) mass is 327 g/mol. The Bertz CT molecular complexity index is 657. The van der Waals surface area contributed by atoms with Gasteiger partial charge in [-0.15, -0.1) is 13.2 Å². The molecule has 0 saturated heterocycles. The van der Waals surface area contributed by atoms with Crippen LogP contribution in [-0.2, 0) is 24.4 Å². The van der Waals surface area contributed by atoms with Crippen molar-refractivity contribution in [3.05, 3.63) is 48.0 Å². The van der Waals surface area contributed by atoms with Gasteiger partial charge in [-0.3, -0.25) is 0 Å². The van der Waals surface area contributed by atoms with Gasteiger partial charge < -0.3 is 19.4 Å². The number of fused-ring (bicyclic) bond motifs is 1. The van der Waals surface area contributed by atoms with Crippen molar-refractivity contribution in [3.8, 4) is 5.75 Å². The standard InChI is InChI=1S/C15H16F3N3O2/c16-15(17,18)23-12-3-1-2-11(6-12)7-19-8-13-9-21-5-4-20-14(21)10-22-13/h1-6,13,19H,7-10H2/t13-/m0/s1. The zero-order chi connectivity index (χ0) is 16.3. The molecule has 0 radical (unpaired) electrons. The molecule has 0 spiro atoms. The van der Waals surface area contributed by atoms with Crippen molar-refractivity contribution in [3.63, 3.8) is 0 Å². The Morgan fingerprint density at radius 3 is 3.09 bits per heavy atom. The molecule has 0 bridgehead atoms. The molecule has 1 N–H and O–H groups in total. The minimum absolute atomic E-state index is 0.00584. The first kappa shape index (κ1) is 15.8. The van der Waals surface area contributed by atoms with Crippen LogP contribution in [0.5, 0.6) is 5.75 Å². The molecule has 0 fully saturated rings. The number of alkyl halides is 3. The zero-order valence-electron chi connectivity index (χ0n) is 12.2. The SMILES string of the molecule is FC(F)(F)Oc1cccc(CNC[C@H]2Cn3ccnc3CO2)c1. The van der Waals surface area contributed by atoms with Gasteiger partial charge in [0.2, 0.25) is 0 Å². The summed E-state index contributed by atoms with van der Waals surface area (Å²) in [6.45, 7) is 2.21. The lowest BCUT2D eigenvalue weighted by Gasteiger charge is -2.24. The number of nitrogens with one attached hydrogen (secondary N) is 1. The van der Waals surface area contributed by atoms with Crippen LogP contribution in [0.4, 0.5) is 13.2 Å². The average molecular weight is 327 g/mol. The number of halogens is 3. The molecule has 1 aliphatic rings. The summed E-state index contributed by atoms with van der Waals surface area (Å²) in [6.07, 6.45) is -1.03. The smallest absolute Gasteiger partial charge is 0.406 e. The number of benzene rings is 1. The van der Waals surface area contributed by atoms with Crippen LogP contribution in [-0.4, -0.2) is 28.6 Å². The van der Waals surface area contributed by atoms with E-state index < -0.39 is 6.36 Å². The predicted octanol–water partition coefficient (Wildman–Crippen LogP) is 2.47. The van der Waals surface area contributed by atoms with Crippen LogP contribution in [0.1, 0.15) is 11.4 Å². The molecule has 8 heteroatoms. The van der Waals surface area contributed by atoms with E-state index >= 15 is 0 Å². The molecular weight excluding hydrogens is 311 g/mol. The van der Waals surface area contributed by atoms with Gasteiger partial charge in [0.05, 0.1) is 12.6 Å². The van der Waals surface area contributed by atoms with Crippen LogP contribution in [0.25, 0.3) is 0 Å². The predicted molar refractivity (Wildman–Crippen MR) is 75.6 cm³/mol. The molecule has 1 aromatic heterocycles. The maximum absolute atomic E-state index is 12.2. The van der Waals surface area contributed by atoms with Crippen LogP contribution >= 0.6 is 0 Å². The first-order valence-electron chi connectivity index (χ1n) is 7.16. The Morgan fingerprint density at radius 1 is 1.39 bits per heavy atom. The van der Waals surface area contributed by atoms with Gasteiger partial charge >= 0.3 is 6.36 Å². The normalized spacial score (nSPS) is 17.8. The minimum Gasteiger partial charge on any atom is -0.406 e. The van der Waals surface area contributed by atoms with Crippen molar-refractivity contribution in [2.45, 2.75) is 32.2 Å². The maximum atomic E-state index is 12.2. The Labute approximate surface area is 131 Å². The highest BCUT2D eigenvalue weighted by Crippen LogP contribution is 2.23. The van der Waals surface area contributed by atoms with Crippen LogP contribution in [0, 0.1) is 0 Å². The van der Waals surface area contributed by atoms with Crippen molar-refractivity contribution in [2.75, 3.05) is 6.54 Å². The summed E-state index contributed by atoms with van der Waals surface area (Å²) in [4.78, 5) is 4.17. The van der Waals surface area contributed by atoms with Gasteiger partial charge in [-0.2, -0.15) is 0 Å². The Hall–Kier alpha value is -2.06. The second kappa shape index (κ2) is 6.59. The van der Waals surface area contributed by atoms with Crippen LogP contribution in [0.15, 0.2) is 36.7 Å². The van der Waals surface area contributed by atoms with Crippen LogP contribution in [0.2, 0.25) is 0 Å². The van der Waals surface area contributed by atoms with Gasteiger partial charge in [-0.05, 0) is 17.7 Å². The van der Waals surface area contributed by atoms with Crippen LogP contribution < -0.4 is 10.1 Å². The first-order valence-corrected chi connectivity index (χ1v) is 7.16. The van der Waals surface area contributed by atoms with Gasteiger partial charge in [-0.25, -0.2) is 4.98 Å². The minimum atomic E-state index is -4.68. The third-order valence-electron chi connectivity index (χ3n) is 3.48. The average Bonchev–Trinajstić information content (AvgIpc) is 2.93. The fourth-order valence-corrected chi connectivity index (χ4v) is 2.46. The fourth-order valence-electron chi connectivity index (χ4n) is 2.46. The lowest BCUT2D eigenvalue weighted by molar-refractivity contribution is -0.274. The third-order valence-corrected chi connectivity index (χ3v) is 3.48. The van der Waals surface area contributed by atoms with E-state index in [4.69, 9.17) is 4.74 Å². The lowest BCUT2D eigenvalue weighted by Crippen LogP contribution is -2.35. The van der Waals surface area contributed by atoms with Gasteiger partial charge in [0, 0.05) is 25.5 Å². The summed E-state index contributed by atoms with van der Waals surface area (Å²) in [5.74, 6) is 0.687. The van der Waals surface area contributed by atoms with Gasteiger partial charge in [-0.1, -0.05) is 12.1 Å². The largest absolute Gasteiger partial charge is 0.573 e. The van der Waals surface area contributed by atoms with E-state index in [9.17, 15) is 13.2 Å². The molecule has 5 nitrogen and oxygen atoms in total. The van der Waals surface area contributed by atoms with Gasteiger partial charge in [0.25, 0.3) is 0 Å². The number of rotatable bonds is 5.